The fourth-order valence-corrected chi connectivity index (χ4v) is 4.05. The van der Waals surface area contributed by atoms with E-state index < -0.39 is 16.1 Å². The molecule has 0 aromatic heterocycles. The zero-order valence-corrected chi connectivity index (χ0v) is 13.1. The largest absolute Gasteiger partial charge is 0.477 e. The maximum atomic E-state index is 11.1. The Kier molecular flexibility index (Phi) is 5.97. The number of hydrogen-bond donors (Lipinski definition) is 2. The Labute approximate surface area is 121 Å². The van der Waals surface area contributed by atoms with Crippen molar-refractivity contribution in [3.05, 3.63) is 0 Å². The van der Waals surface area contributed by atoms with E-state index in [0.717, 1.165) is 25.9 Å². The third-order valence-corrected chi connectivity index (χ3v) is 5.27. The second-order valence-corrected chi connectivity index (χ2v) is 7.53. The van der Waals surface area contributed by atoms with Gasteiger partial charge >= 0.3 is 5.97 Å². The quantitative estimate of drug-likeness (QED) is 0.520. The molecule has 20 heavy (non-hydrogen) atoms. The Morgan fingerprint density at radius 3 is 2.05 bits per heavy atom. The fourth-order valence-electron chi connectivity index (χ4n) is 3.55. The van der Waals surface area contributed by atoms with E-state index in [9.17, 15) is 13.2 Å². The second kappa shape index (κ2) is 6.87. The van der Waals surface area contributed by atoms with E-state index in [2.05, 4.69) is 13.8 Å². The molecule has 2 unspecified atom stereocenters. The molecule has 1 aliphatic rings. The van der Waals surface area contributed by atoms with Gasteiger partial charge in [-0.05, 0) is 12.8 Å². The lowest BCUT2D eigenvalue weighted by Crippen LogP contribution is -2.50. The monoisotopic (exact) mass is 308 g/mol. The molecule has 2 atom stereocenters. The highest BCUT2D eigenvalue weighted by Crippen LogP contribution is 2.34. The first-order chi connectivity index (χ1) is 9.21. The molecule has 2 N–H and O–H groups in total. The van der Waals surface area contributed by atoms with Gasteiger partial charge in [0.05, 0.1) is 25.4 Å². The van der Waals surface area contributed by atoms with Crippen molar-refractivity contribution < 1.29 is 27.4 Å². The minimum absolute atomic E-state index is 0.0402. The van der Waals surface area contributed by atoms with Gasteiger partial charge in [-0.25, -0.2) is 4.79 Å². The van der Waals surface area contributed by atoms with Crippen molar-refractivity contribution >= 4 is 16.1 Å². The van der Waals surface area contributed by atoms with E-state index in [1.54, 1.807) is 0 Å². The van der Waals surface area contributed by atoms with Gasteiger partial charge in [0.15, 0.2) is 6.54 Å². The van der Waals surface area contributed by atoms with Gasteiger partial charge in [0, 0.05) is 18.3 Å². The molecule has 6 nitrogen and oxygen atoms in total. The second-order valence-electron chi connectivity index (χ2n) is 5.96. The van der Waals surface area contributed by atoms with Crippen LogP contribution >= 0.6 is 0 Å². The molecule has 1 aliphatic heterocycles. The van der Waals surface area contributed by atoms with Gasteiger partial charge in [0.25, 0.3) is 10.1 Å². The Hall–Kier alpha value is -0.660. The van der Waals surface area contributed by atoms with Crippen molar-refractivity contribution in [2.75, 3.05) is 31.9 Å². The molecule has 0 saturated carbocycles. The van der Waals surface area contributed by atoms with E-state index in [-0.39, 0.29) is 12.3 Å². The van der Waals surface area contributed by atoms with Gasteiger partial charge in [-0.2, -0.15) is 8.42 Å². The van der Waals surface area contributed by atoms with Gasteiger partial charge in [0.2, 0.25) is 0 Å². The van der Waals surface area contributed by atoms with E-state index in [4.69, 9.17) is 9.66 Å². The molecule has 118 valence electrons. The van der Waals surface area contributed by atoms with Crippen molar-refractivity contribution in [1.29, 1.82) is 0 Å². The highest BCUT2D eigenvalue weighted by molar-refractivity contribution is 7.85. The van der Waals surface area contributed by atoms with Crippen LogP contribution < -0.4 is 0 Å². The molecule has 0 spiro atoms. The molecule has 0 radical (unpaired) electrons. The molecule has 1 rings (SSSR count). The molecule has 0 bridgehead atoms. The molecule has 1 heterocycles. The molecular formula is C13H26NO5S+. The van der Waals surface area contributed by atoms with E-state index in [0.29, 0.717) is 29.3 Å². The molecule has 1 fully saturated rings. The summed E-state index contributed by atoms with van der Waals surface area (Å²) in [4.78, 5) is 11.1. The van der Waals surface area contributed by atoms with Crippen molar-refractivity contribution in [3.63, 3.8) is 0 Å². The first-order valence-corrected chi connectivity index (χ1v) is 8.84. The highest BCUT2D eigenvalue weighted by atomic mass is 32.2. The number of aliphatic carboxylic acids is 1. The SMILES string of the molecule is CCC1C[N+](CCCS(=O)(=O)O)(CC(=O)O)CC1CC. The third kappa shape index (κ3) is 5.03. The van der Waals surface area contributed by atoms with Gasteiger partial charge < -0.3 is 9.59 Å². The zero-order valence-electron chi connectivity index (χ0n) is 12.3. The predicted molar refractivity (Wildman–Crippen MR) is 76.0 cm³/mol. The summed E-state index contributed by atoms with van der Waals surface area (Å²) in [6.07, 6.45) is 2.35. The number of rotatable bonds is 8. The number of quaternary nitrogens is 1. The molecule has 7 heteroatoms. The predicted octanol–water partition coefficient (Wildman–Crippen LogP) is 1.23. The smallest absolute Gasteiger partial charge is 0.359 e. The van der Waals surface area contributed by atoms with E-state index in [1.807, 2.05) is 0 Å². The van der Waals surface area contributed by atoms with Gasteiger partial charge in [-0.1, -0.05) is 13.8 Å². The summed E-state index contributed by atoms with van der Waals surface area (Å²) in [7, 11) is -3.97. The zero-order chi connectivity index (χ0) is 15.4. The average Bonchev–Trinajstić information content (AvgIpc) is 2.64. The summed E-state index contributed by atoms with van der Waals surface area (Å²) >= 11 is 0. The van der Waals surface area contributed by atoms with Crippen LogP contribution in [0.25, 0.3) is 0 Å². The molecule has 0 aromatic carbocycles. The van der Waals surface area contributed by atoms with Gasteiger partial charge in [0.1, 0.15) is 0 Å². The van der Waals surface area contributed by atoms with Crippen molar-refractivity contribution in [2.24, 2.45) is 11.8 Å². The Morgan fingerprint density at radius 1 is 1.20 bits per heavy atom. The normalized spacial score (nSPS) is 30.6. The molecular weight excluding hydrogens is 282 g/mol. The van der Waals surface area contributed by atoms with Crippen molar-refractivity contribution in [1.82, 2.24) is 0 Å². The van der Waals surface area contributed by atoms with Crippen LogP contribution in [0, 0.1) is 11.8 Å². The summed E-state index contributed by atoms with van der Waals surface area (Å²) in [6, 6.07) is 0. The van der Waals surface area contributed by atoms with Gasteiger partial charge in [-0.3, -0.25) is 4.55 Å². The van der Waals surface area contributed by atoms with Crippen LogP contribution in [0.15, 0.2) is 0 Å². The van der Waals surface area contributed by atoms with Crippen LogP contribution in [0.2, 0.25) is 0 Å². The maximum Gasteiger partial charge on any atom is 0.359 e. The first kappa shape index (κ1) is 17.4. The third-order valence-electron chi connectivity index (χ3n) is 4.46. The van der Waals surface area contributed by atoms with E-state index >= 15 is 0 Å². The number of carboxylic acid groups (broad SMARTS) is 1. The molecule has 0 aromatic rings. The van der Waals surface area contributed by atoms with Crippen LogP contribution in [0.4, 0.5) is 0 Å². The van der Waals surface area contributed by atoms with Crippen LogP contribution in [-0.4, -0.2) is 60.5 Å². The summed E-state index contributed by atoms with van der Waals surface area (Å²) in [5, 5.41) is 9.13. The standard InChI is InChI=1S/C13H25NO5S/c1-3-11-8-14(10-13(15)16,9-12(11)4-2)6-5-7-20(17,18)19/h11-12H,3-10H2,1-2H3,(H-,15,16,17,18,19)/p+1. The van der Waals surface area contributed by atoms with Crippen LogP contribution in [0.3, 0.4) is 0 Å². The van der Waals surface area contributed by atoms with Crippen molar-refractivity contribution in [3.8, 4) is 0 Å². The topological polar surface area (TPSA) is 91.7 Å². The highest BCUT2D eigenvalue weighted by Gasteiger charge is 2.44. The lowest BCUT2D eigenvalue weighted by molar-refractivity contribution is -0.912. The van der Waals surface area contributed by atoms with E-state index in [1.165, 1.54) is 0 Å². The summed E-state index contributed by atoms with van der Waals surface area (Å²) in [5.74, 6) is -0.126. The first-order valence-electron chi connectivity index (χ1n) is 7.23. The van der Waals surface area contributed by atoms with Crippen LogP contribution in [0.1, 0.15) is 33.1 Å². The lowest BCUT2D eigenvalue weighted by atomic mass is 9.92. The summed E-state index contributed by atoms with van der Waals surface area (Å²) in [5.41, 5.74) is 0. The Bertz CT molecular complexity index is 422. The number of carboxylic acids is 1. The molecule has 1 saturated heterocycles. The summed E-state index contributed by atoms with van der Waals surface area (Å²) < 4.78 is 30.9. The number of carbonyl (C=O) groups is 1. The average molecular weight is 308 g/mol. The molecule has 0 amide bonds. The number of hydrogen-bond acceptors (Lipinski definition) is 3. The minimum atomic E-state index is -3.97. The maximum absolute atomic E-state index is 11.1. The van der Waals surface area contributed by atoms with Gasteiger partial charge in [-0.15, -0.1) is 0 Å². The van der Waals surface area contributed by atoms with Crippen LogP contribution in [-0.2, 0) is 14.9 Å². The minimum Gasteiger partial charge on any atom is -0.477 e. The number of likely N-dealkylation sites (tertiary alicyclic amines) is 1. The lowest BCUT2D eigenvalue weighted by Gasteiger charge is -2.33. The Morgan fingerprint density at radius 2 is 1.70 bits per heavy atom. The summed E-state index contributed by atoms with van der Waals surface area (Å²) in [6.45, 7) is 6.37. The number of nitrogens with zero attached hydrogens (tertiary/aromatic N) is 1. The Balaban J connectivity index is 2.75. The van der Waals surface area contributed by atoms with Crippen molar-refractivity contribution in [2.45, 2.75) is 33.1 Å². The fraction of sp³-hybridized carbons (Fsp3) is 0.923. The molecule has 0 aliphatic carbocycles. The van der Waals surface area contributed by atoms with Crippen LogP contribution in [0.5, 0.6) is 0 Å².